The molecule has 0 bridgehead atoms. The highest BCUT2D eigenvalue weighted by Crippen LogP contribution is 2.29. The fourth-order valence-corrected chi connectivity index (χ4v) is 4.33. The van der Waals surface area contributed by atoms with Crippen LogP contribution in [0.4, 0.5) is 11.5 Å². The standard InChI is InChI=1S/C23H25N7O3/c1-33-19-4-2-3-18(14-19)30-15-17(13-22(30)31)23(32)28-11-9-27(10-12-28)20-5-6-21(26-25-20)29-8-7-24-16-29/h2-8,14,16-17H,9-13,15H2,1H3. The Bertz CT molecular complexity index is 1130. The summed E-state index contributed by atoms with van der Waals surface area (Å²) in [7, 11) is 1.59. The first-order valence-electron chi connectivity index (χ1n) is 10.9. The highest BCUT2D eigenvalue weighted by molar-refractivity contribution is 6.00. The molecule has 33 heavy (non-hydrogen) atoms. The predicted molar refractivity (Wildman–Crippen MR) is 121 cm³/mol. The molecule has 3 aromatic rings. The minimum Gasteiger partial charge on any atom is -0.497 e. The molecular formula is C23H25N7O3. The number of carbonyl (C=O) groups excluding carboxylic acids is 2. The van der Waals surface area contributed by atoms with Crippen molar-refractivity contribution in [2.24, 2.45) is 5.92 Å². The van der Waals surface area contributed by atoms with E-state index in [0.717, 1.165) is 11.5 Å². The van der Waals surface area contributed by atoms with Gasteiger partial charge in [-0.05, 0) is 24.3 Å². The number of methoxy groups -OCH3 is 1. The Morgan fingerprint density at radius 2 is 1.85 bits per heavy atom. The lowest BCUT2D eigenvalue weighted by molar-refractivity contribution is -0.136. The first-order chi connectivity index (χ1) is 16.1. The Hall–Kier alpha value is -3.95. The van der Waals surface area contributed by atoms with Crippen LogP contribution in [0, 0.1) is 5.92 Å². The minimum absolute atomic E-state index is 0.0338. The molecule has 0 spiro atoms. The van der Waals surface area contributed by atoms with Crippen molar-refractivity contribution in [2.75, 3.05) is 49.6 Å². The van der Waals surface area contributed by atoms with E-state index in [-0.39, 0.29) is 24.2 Å². The molecule has 10 nitrogen and oxygen atoms in total. The molecule has 0 radical (unpaired) electrons. The van der Waals surface area contributed by atoms with Gasteiger partial charge in [-0.1, -0.05) is 6.07 Å². The summed E-state index contributed by atoms with van der Waals surface area (Å²) in [5, 5.41) is 8.61. The van der Waals surface area contributed by atoms with Gasteiger partial charge >= 0.3 is 0 Å². The molecule has 2 aromatic heterocycles. The number of nitrogens with zero attached hydrogens (tertiary/aromatic N) is 7. The number of amides is 2. The maximum Gasteiger partial charge on any atom is 0.228 e. The molecule has 1 aromatic carbocycles. The smallest absolute Gasteiger partial charge is 0.228 e. The zero-order valence-electron chi connectivity index (χ0n) is 18.4. The summed E-state index contributed by atoms with van der Waals surface area (Å²) in [5.74, 6) is 1.85. The van der Waals surface area contributed by atoms with Crippen molar-refractivity contribution in [1.29, 1.82) is 0 Å². The molecule has 2 fully saturated rings. The van der Waals surface area contributed by atoms with Crippen molar-refractivity contribution in [3.05, 3.63) is 55.1 Å². The summed E-state index contributed by atoms with van der Waals surface area (Å²) in [5.41, 5.74) is 0.761. The maximum atomic E-state index is 13.1. The van der Waals surface area contributed by atoms with E-state index in [2.05, 4.69) is 20.1 Å². The first-order valence-corrected chi connectivity index (χ1v) is 10.9. The molecule has 170 valence electrons. The third-order valence-electron chi connectivity index (χ3n) is 6.16. The maximum absolute atomic E-state index is 13.1. The second kappa shape index (κ2) is 8.89. The largest absolute Gasteiger partial charge is 0.497 e. The number of carbonyl (C=O) groups is 2. The normalized spacial score (nSPS) is 18.6. The Morgan fingerprint density at radius 3 is 2.55 bits per heavy atom. The Kier molecular flexibility index (Phi) is 5.64. The van der Waals surface area contributed by atoms with Gasteiger partial charge in [0.05, 0.1) is 13.0 Å². The molecule has 5 rings (SSSR count). The lowest BCUT2D eigenvalue weighted by Crippen LogP contribution is -2.51. The number of imidazole rings is 1. The zero-order valence-corrected chi connectivity index (χ0v) is 18.4. The van der Waals surface area contributed by atoms with Crippen LogP contribution in [0.25, 0.3) is 5.82 Å². The van der Waals surface area contributed by atoms with Gasteiger partial charge in [-0.2, -0.15) is 0 Å². The van der Waals surface area contributed by atoms with Crippen molar-refractivity contribution in [1.82, 2.24) is 24.6 Å². The van der Waals surface area contributed by atoms with Crippen LogP contribution in [0.15, 0.2) is 55.1 Å². The van der Waals surface area contributed by atoms with E-state index in [1.165, 1.54) is 0 Å². The van der Waals surface area contributed by atoms with Crippen LogP contribution in [0.1, 0.15) is 6.42 Å². The van der Waals surface area contributed by atoms with Gasteiger partial charge in [0.15, 0.2) is 11.6 Å². The van der Waals surface area contributed by atoms with Gasteiger partial charge in [0.25, 0.3) is 0 Å². The number of anilines is 2. The summed E-state index contributed by atoms with van der Waals surface area (Å²) < 4.78 is 7.06. The van der Waals surface area contributed by atoms with E-state index in [1.807, 2.05) is 47.5 Å². The third kappa shape index (κ3) is 4.23. The van der Waals surface area contributed by atoms with Crippen molar-refractivity contribution < 1.29 is 14.3 Å². The van der Waals surface area contributed by atoms with Crippen LogP contribution in [-0.2, 0) is 9.59 Å². The Morgan fingerprint density at radius 1 is 1.06 bits per heavy atom. The second-order valence-corrected chi connectivity index (χ2v) is 8.14. The van der Waals surface area contributed by atoms with E-state index in [0.29, 0.717) is 44.3 Å². The number of hydrogen-bond acceptors (Lipinski definition) is 7. The fourth-order valence-electron chi connectivity index (χ4n) is 4.33. The van der Waals surface area contributed by atoms with Gasteiger partial charge < -0.3 is 19.4 Å². The summed E-state index contributed by atoms with van der Waals surface area (Å²) in [6, 6.07) is 11.2. The van der Waals surface area contributed by atoms with Gasteiger partial charge in [-0.25, -0.2) is 4.98 Å². The van der Waals surface area contributed by atoms with E-state index >= 15 is 0 Å². The van der Waals surface area contributed by atoms with E-state index in [1.54, 1.807) is 29.1 Å². The van der Waals surface area contributed by atoms with E-state index in [4.69, 9.17) is 4.74 Å². The number of rotatable bonds is 5. The molecule has 0 N–H and O–H groups in total. The van der Waals surface area contributed by atoms with Crippen molar-refractivity contribution >= 4 is 23.3 Å². The number of benzene rings is 1. The van der Waals surface area contributed by atoms with Crippen LogP contribution in [0.2, 0.25) is 0 Å². The third-order valence-corrected chi connectivity index (χ3v) is 6.16. The number of piperazine rings is 1. The van der Waals surface area contributed by atoms with Gasteiger partial charge in [0, 0.05) is 63.3 Å². The highest BCUT2D eigenvalue weighted by atomic mass is 16.5. The lowest BCUT2D eigenvalue weighted by Gasteiger charge is -2.36. The minimum atomic E-state index is -0.329. The average Bonchev–Trinajstić information content (AvgIpc) is 3.54. The van der Waals surface area contributed by atoms with Crippen LogP contribution < -0.4 is 14.5 Å². The number of ether oxygens (including phenoxy) is 1. The van der Waals surface area contributed by atoms with E-state index in [9.17, 15) is 9.59 Å². The molecule has 2 aliphatic rings. The zero-order chi connectivity index (χ0) is 22.8. The molecule has 10 heteroatoms. The van der Waals surface area contributed by atoms with Crippen molar-refractivity contribution in [3.63, 3.8) is 0 Å². The van der Waals surface area contributed by atoms with Gasteiger partial charge in [0.2, 0.25) is 11.8 Å². The first kappa shape index (κ1) is 20.9. The van der Waals surface area contributed by atoms with Gasteiger partial charge in [-0.15, -0.1) is 10.2 Å². The average molecular weight is 447 g/mol. The van der Waals surface area contributed by atoms with Gasteiger partial charge in [-0.3, -0.25) is 14.2 Å². The number of hydrogen-bond donors (Lipinski definition) is 0. The summed E-state index contributed by atoms with van der Waals surface area (Å²) in [6.07, 6.45) is 5.42. The topological polar surface area (TPSA) is 96.7 Å². The monoisotopic (exact) mass is 447 g/mol. The SMILES string of the molecule is COc1cccc(N2CC(C(=O)N3CCN(c4ccc(-n5ccnc5)nn4)CC3)CC2=O)c1. The van der Waals surface area contributed by atoms with Crippen molar-refractivity contribution in [2.45, 2.75) is 6.42 Å². The molecule has 2 aliphatic heterocycles. The molecule has 0 aliphatic carbocycles. The summed E-state index contributed by atoms with van der Waals surface area (Å²) >= 11 is 0. The summed E-state index contributed by atoms with van der Waals surface area (Å²) in [4.78, 5) is 35.4. The van der Waals surface area contributed by atoms with Crippen molar-refractivity contribution in [3.8, 4) is 11.6 Å². The molecule has 2 amide bonds. The molecule has 2 saturated heterocycles. The predicted octanol–water partition coefficient (Wildman–Crippen LogP) is 1.37. The number of aromatic nitrogens is 4. The van der Waals surface area contributed by atoms with Gasteiger partial charge in [0.1, 0.15) is 12.1 Å². The fraction of sp³-hybridized carbons (Fsp3) is 0.348. The summed E-state index contributed by atoms with van der Waals surface area (Å²) in [6.45, 7) is 2.92. The quantitative estimate of drug-likeness (QED) is 0.583. The molecule has 1 atom stereocenters. The highest BCUT2D eigenvalue weighted by Gasteiger charge is 2.38. The van der Waals surface area contributed by atoms with E-state index < -0.39 is 0 Å². The second-order valence-electron chi connectivity index (χ2n) is 8.14. The van der Waals surface area contributed by atoms with Crippen LogP contribution in [0.5, 0.6) is 5.75 Å². The molecule has 0 saturated carbocycles. The van der Waals surface area contributed by atoms with Crippen LogP contribution in [-0.4, -0.2) is 76.3 Å². The Labute approximate surface area is 191 Å². The van der Waals surface area contributed by atoms with Crippen LogP contribution >= 0.6 is 0 Å². The molecule has 4 heterocycles. The van der Waals surface area contributed by atoms with Crippen LogP contribution in [0.3, 0.4) is 0 Å². The lowest BCUT2D eigenvalue weighted by atomic mass is 10.1. The molecule has 1 unspecified atom stereocenters. The Balaban J connectivity index is 1.18. The molecular weight excluding hydrogens is 422 g/mol.